The van der Waals surface area contributed by atoms with Gasteiger partial charge in [0.1, 0.15) is 12.7 Å². The summed E-state index contributed by atoms with van der Waals surface area (Å²) >= 11 is 1.58. The van der Waals surface area contributed by atoms with Gasteiger partial charge in [-0.3, -0.25) is 4.79 Å². The second-order valence-electron chi connectivity index (χ2n) is 5.23. The lowest BCUT2D eigenvalue weighted by atomic mass is 10.3. The van der Waals surface area contributed by atoms with Crippen LogP contribution in [0.5, 0.6) is 0 Å². The molecule has 114 valence electrons. The van der Waals surface area contributed by atoms with Gasteiger partial charge in [0, 0.05) is 0 Å². The largest absolute Gasteiger partial charge is 0.462 e. The Balaban J connectivity index is 3.99. The van der Waals surface area contributed by atoms with E-state index < -0.39 is 0 Å². The van der Waals surface area contributed by atoms with Crippen LogP contribution in [0, 0.1) is 0 Å². The summed E-state index contributed by atoms with van der Waals surface area (Å²) in [5.74, 6) is 0.192. The molecule has 0 fully saturated rings. The van der Waals surface area contributed by atoms with Crippen molar-refractivity contribution < 1.29 is 19.0 Å². The monoisotopic (exact) mass is 292 g/mol. The molecule has 0 radical (unpaired) electrons. The SMILES string of the molecule is CC(C)OCC(COC(=O)CSC(C)C)OC(C)C. The lowest BCUT2D eigenvalue weighted by Gasteiger charge is -2.21. The van der Waals surface area contributed by atoms with Crippen LogP contribution < -0.4 is 0 Å². The molecule has 0 aliphatic heterocycles. The molecule has 0 bridgehead atoms. The predicted octanol–water partition coefficient (Wildman–Crippen LogP) is 2.89. The van der Waals surface area contributed by atoms with Gasteiger partial charge in [-0.05, 0) is 32.9 Å². The molecular formula is C14H28O4S. The molecule has 0 aliphatic carbocycles. The summed E-state index contributed by atoms with van der Waals surface area (Å²) in [6.45, 7) is 12.7. The van der Waals surface area contributed by atoms with Gasteiger partial charge in [-0.1, -0.05) is 13.8 Å². The van der Waals surface area contributed by atoms with Gasteiger partial charge in [0.2, 0.25) is 0 Å². The summed E-state index contributed by atoms with van der Waals surface area (Å²) in [6.07, 6.45) is 0.0327. The van der Waals surface area contributed by atoms with Crippen LogP contribution in [0.4, 0.5) is 0 Å². The molecule has 19 heavy (non-hydrogen) atoms. The van der Waals surface area contributed by atoms with E-state index in [1.807, 2.05) is 27.7 Å². The topological polar surface area (TPSA) is 44.8 Å². The van der Waals surface area contributed by atoms with Crippen molar-refractivity contribution >= 4 is 17.7 Å². The molecule has 1 atom stereocenters. The Labute approximate surface area is 121 Å². The van der Waals surface area contributed by atoms with Crippen molar-refractivity contribution in [2.24, 2.45) is 0 Å². The first-order valence-electron chi connectivity index (χ1n) is 6.85. The average molecular weight is 292 g/mol. The third-order valence-electron chi connectivity index (χ3n) is 2.04. The fourth-order valence-corrected chi connectivity index (χ4v) is 1.83. The van der Waals surface area contributed by atoms with E-state index in [4.69, 9.17) is 14.2 Å². The smallest absolute Gasteiger partial charge is 0.315 e. The lowest BCUT2D eigenvalue weighted by Crippen LogP contribution is -2.31. The van der Waals surface area contributed by atoms with Crippen LogP contribution in [0.1, 0.15) is 41.5 Å². The van der Waals surface area contributed by atoms with E-state index in [-0.39, 0.29) is 30.9 Å². The van der Waals surface area contributed by atoms with E-state index in [9.17, 15) is 4.79 Å². The van der Waals surface area contributed by atoms with E-state index in [1.54, 1.807) is 11.8 Å². The minimum Gasteiger partial charge on any atom is -0.462 e. The molecule has 0 saturated heterocycles. The summed E-state index contributed by atoms with van der Waals surface area (Å²) in [5, 5.41) is 0.430. The van der Waals surface area contributed by atoms with Crippen LogP contribution in [-0.2, 0) is 19.0 Å². The van der Waals surface area contributed by atoms with Crippen LogP contribution in [0.25, 0.3) is 0 Å². The van der Waals surface area contributed by atoms with Gasteiger partial charge < -0.3 is 14.2 Å². The van der Waals surface area contributed by atoms with Crippen molar-refractivity contribution in [2.45, 2.75) is 65.1 Å². The average Bonchev–Trinajstić information content (AvgIpc) is 2.29. The second-order valence-corrected chi connectivity index (χ2v) is 6.80. The molecule has 0 saturated carbocycles. The van der Waals surface area contributed by atoms with Crippen molar-refractivity contribution in [2.75, 3.05) is 19.0 Å². The normalized spacial score (nSPS) is 13.3. The number of esters is 1. The quantitative estimate of drug-likeness (QED) is 0.579. The van der Waals surface area contributed by atoms with E-state index in [1.165, 1.54) is 0 Å². The van der Waals surface area contributed by atoms with Crippen LogP contribution in [0.3, 0.4) is 0 Å². The maximum absolute atomic E-state index is 11.5. The molecule has 0 aliphatic rings. The van der Waals surface area contributed by atoms with Crippen molar-refractivity contribution in [3.8, 4) is 0 Å². The summed E-state index contributed by atoms with van der Waals surface area (Å²) in [7, 11) is 0. The Morgan fingerprint density at radius 1 is 1.00 bits per heavy atom. The molecule has 1 unspecified atom stereocenters. The summed E-state index contributed by atoms with van der Waals surface area (Å²) in [6, 6.07) is 0. The molecule has 0 aromatic heterocycles. The number of rotatable bonds is 10. The highest BCUT2D eigenvalue weighted by atomic mass is 32.2. The van der Waals surface area contributed by atoms with Crippen LogP contribution >= 0.6 is 11.8 Å². The summed E-state index contributed by atoms with van der Waals surface area (Å²) < 4.78 is 16.4. The van der Waals surface area contributed by atoms with Gasteiger partial charge in [0.05, 0.1) is 24.6 Å². The first kappa shape index (κ1) is 18.7. The van der Waals surface area contributed by atoms with Crippen LogP contribution in [-0.4, -0.2) is 48.5 Å². The molecule has 0 aromatic carbocycles. The number of thioether (sulfide) groups is 1. The minimum atomic E-state index is -0.199. The summed E-state index contributed by atoms with van der Waals surface area (Å²) in [4.78, 5) is 11.5. The molecular weight excluding hydrogens is 264 g/mol. The second kappa shape index (κ2) is 10.5. The van der Waals surface area contributed by atoms with Crippen LogP contribution in [0.2, 0.25) is 0 Å². The molecule has 0 amide bonds. The molecule has 0 spiro atoms. The Morgan fingerprint density at radius 2 is 1.63 bits per heavy atom. The van der Waals surface area contributed by atoms with Gasteiger partial charge in [-0.2, -0.15) is 0 Å². The highest BCUT2D eigenvalue weighted by Gasteiger charge is 2.15. The van der Waals surface area contributed by atoms with Gasteiger partial charge in [-0.15, -0.1) is 11.8 Å². The third kappa shape index (κ3) is 12.5. The Hall–Kier alpha value is -0.260. The zero-order valence-corrected chi connectivity index (χ0v) is 13.8. The van der Waals surface area contributed by atoms with Gasteiger partial charge >= 0.3 is 5.97 Å². The Bertz CT molecular complexity index is 242. The predicted molar refractivity (Wildman–Crippen MR) is 79.7 cm³/mol. The fourth-order valence-electron chi connectivity index (χ4n) is 1.27. The first-order valence-corrected chi connectivity index (χ1v) is 7.90. The number of carbonyl (C=O) groups is 1. The first-order chi connectivity index (χ1) is 8.81. The molecule has 0 heterocycles. The maximum atomic E-state index is 11.5. The van der Waals surface area contributed by atoms with Crippen molar-refractivity contribution in [3.05, 3.63) is 0 Å². The van der Waals surface area contributed by atoms with E-state index in [0.29, 0.717) is 17.6 Å². The Kier molecular flexibility index (Phi) is 10.4. The Morgan fingerprint density at radius 3 is 2.11 bits per heavy atom. The summed E-state index contributed by atoms with van der Waals surface area (Å²) in [5.41, 5.74) is 0. The van der Waals surface area contributed by atoms with Gasteiger partial charge in [-0.25, -0.2) is 0 Å². The molecule has 0 aromatic rings. The zero-order valence-electron chi connectivity index (χ0n) is 13.0. The number of hydrogen-bond donors (Lipinski definition) is 0. The van der Waals surface area contributed by atoms with Gasteiger partial charge in [0.15, 0.2) is 0 Å². The zero-order chi connectivity index (χ0) is 14.8. The van der Waals surface area contributed by atoms with Crippen molar-refractivity contribution in [1.29, 1.82) is 0 Å². The van der Waals surface area contributed by atoms with Crippen molar-refractivity contribution in [3.63, 3.8) is 0 Å². The van der Waals surface area contributed by atoms with E-state index in [0.717, 1.165) is 0 Å². The minimum absolute atomic E-state index is 0.0875. The van der Waals surface area contributed by atoms with E-state index in [2.05, 4.69) is 13.8 Å². The number of carbonyl (C=O) groups excluding carboxylic acids is 1. The van der Waals surface area contributed by atoms with Crippen LogP contribution in [0.15, 0.2) is 0 Å². The van der Waals surface area contributed by atoms with Crippen molar-refractivity contribution in [1.82, 2.24) is 0 Å². The third-order valence-corrected chi connectivity index (χ3v) is 3.11. The lowest BCUT2D eigenvalue weighted by molar-refractivity contribution is -0.149. The fraction of sp³-hybridized carbons (Fsp3) is 0.929. The number of ether oxygens (including phenoxy) is 3. The molecule has 0 rings (SSSR count). The standard InChI is InChI=1S/C14H28O4S/c1-10(2)16-7-13(18-11(3)4)8-17-14(15)9-19-12(5)6/h10-13H,7-9H2,1-6H3. The highest BCUT2D eigenvalue weighted by Crippen LogP contribution is 2.09. The van der Waals surface area contributed by atoms with Gasteiger partial charge in [0.25, 0.3) is 0 Å². The molecule has 0 N–H and O–H groups in total. The highest BCUT2D eigenvalue weighted by molar-refractivity contribution is 8.00. The molecule has 5 heteroatoms. The van der Waals surface area contributed by atoms with E-state index >= 15 is 0 Å². The molecule has 4 nitrogen and oxygen atoms in total. The maximum Gasteiger partial charge on any atom is 0.315 e. The number of hydrogen-bond acceptors (Lipinski definition) is 5.